The maximum atomic E-state index is 13.0. The van der Waals surface area contributed by atoms with E-state index in [0.29, 0.717) is 28.9 Å². The Balaban J connectivity index is 2.24. The van der Waals surface area contributed by atoms with Gasteiger partial charge in [0.15, 0.2) is 6.29 Å². The van der Waals surface area contributed by atoms with Crippen molar-refractivity contribution in [2.45, 2.75) is 6.92 Å². The van der Waals surface area contributed by atoms with Gasteiger partial charge < -0.3 is 4.74 Å². The van der Waals surface area contributed by atoms with Gasteiger partial charge in [-0.1, -0.05) is 0 Å². The van der Waals surface area contributed by atoms with E-state index in [0.717, 1.165) is 0 Å². The molecule has 1 aromatic carbocycles. The van der Waals surface area contributed by atoms with Crippen LogP contribution in [0.5, 0.6) is 11.5 Å². The molecule has 0 bridgehead atoms. The second-order valence-corrected chi connectivity index (χ2v) is 3.58. The number of aromatic nitrogens is 1. The minimum absolute atomic E-state index is 0.280. The summed E-state index contributed by atoms with van der Waals surface area (Å²) in [4.78, 5) is 14.4. The normalized spacial score (nSPS) is 10.0. The Bertz CT molecular complexity index is 555. The molecule has 0 saturated carbocycles. The lowest BCUT2D eigenvalue weighted by Crippen LogP contribution is -1.90. The van der Waals surface area contributed by atoms with Crippen molar-refractivity contribution in [1.82, 2.24) is 4.98 Å². The average Bonchev–Trinajstić information content (AvgIpc) is 2.34. The zero-order valence-corrected chi connectivity index (χ0v) is 9.18. The number of rotatable bonds is 3. The summed E-state index contributed by atoms with van der Waals surface area (Å²) in [5.41, 5.74) is 0.934. The molecule has 0 saturated heterocycles. The minimum Gasteiger partial charge on any atom is -0.456 e. The second-order valence-electron chi connectivity index (χ2n) is 3.58. The zero-order chi connectivity index (χ0) is 12.3. The highest BCUT2D eigenvalue weighted by atomic mass is 19.1. The number of carbonyl (C=O) groups is 1. The molecule has 17 heavy (non-hydrogen) atoms. The van der Waals surface area contributed by atoms with Gasteiger partial charge >= 0.3 is 0 Å². The minimum atomic E-state index is -0.280. The van der Waals surface area contributed by atoms with E-state index in [1.165, 1.54) is 24.5 Å². The first-order valence-corrected chi connectivity index (χ1v) is 5.03. The number of ether oxygens (including phenoxy) is 1. The van der Waals surface area contributed by atoms with Crippen LogP contribution in [-0.2, 0) is 0 Å². The Kier molecular flexibility index (Phi) is 3.14. The van der Waals surface area contributed by atoms with E-state index in [1.807, 2.05) is 0 Å². The Hall–Kier alpha value is -2.23. The molecule has 0 spiro atoms. The lowest BCUT2D eigenvalue weighted by Gasteiger charge is -2.06. The zero-order valence-electron chi connectivity index (χ0n) is 9.18. The quantitative estimate of drug-likeness (QED) is 0.762. The van der Waals surface area contributed by atoms with Crippen molar-refractivity contribution in [2.24, 2.45) is 0 Å². The molecule has 0 aliphatic carbocycles. The first kappa shape index (κ1) is 11.3. The lowest BCUT2D eigenvalue weighted by atomic mass is 10.2. The number of pyridine rings is 1. The molecule has 0 aliphatic heterocycles. The predicted octanol–water partition coefficient (Wildman–Crippen LogP) is 3.13. The molecule has 4 heteroatoms. The van der Waals surface area contributed by atoms with E-state index in [2.05, 4.69) is 4.98 Å². The van der Waals surface area contributed by atoms with Crippen LogP contribution in [-0.4, -0.2) is 11.3 Å². The summed E-state index contributed by atoms with van der Waals surface area (Å²) in [7, 11) is 0. The van der Waals surface area contributed by atoms with Crippen LogP contribution in [0, 0.1) is 12.7 Å². The van der Waals surface area contributed by atoms with Crippen molar-refractivity contribution < 1.29 is 13.9 Å². The van der Waals surface area contributed by atoms with Crippen LogP contribution in [0.2, 0.25) is 0 Å². The number of hydrogen-bond acceptors (Lipinski definition) is 3. The van der Waals surface area contributed by atoms with Crippen LogP contribution < -0.4 is 4.74 Å². The van der Waals surface area contributed by atoms with Crippen LogP contribution in [0.25, 0.3) is 0 Å². The first-order chi connectivity index (χ1) is 8.19. The molecule has 3 nitrogen and oxygen atoms in total. The summed E-state index contributed by atoms with van der Waals surface area (Å²) < 4.78 is 18.5. The molecule has 1 heterocycles. The summed E-state index contributed by atoms with van der Waals surface area (Å²) in [5, 5.41) is 0. The van der Waals surface area contributed by atoms with Gasteiger partial charge in [0.2, 0.25) is 0 Å². The van der Waals surface area contributed by atoms with Crippen molar-refractivity contribution in [3.8, 4) is 11.5 Å². The molecule has 0 radical (unpaired) electrons. The third kappa shape index (κ3) is 2.66. The summed E-state index contributed by atoms with van der Waals surface area (Å²) in [5.74, 6) is 0.673. The molecule has 0 atom stereocenters. The van der Waals surface area contributed by atoms with E-state index in [-0.39, 0.29) is 5.82 Å². The van der Waals surface area contributed by atoms with Crippen LogP contribution in [0.3, 0.4) is 0 Å². The smallest absolute Gasteiger partial charge is 0.151 e. The van der Waals surface area contributed by atoms with E-state index in [9.17, 15) is 9.18 Å². The number of hydrogen-bond donors (Lipinski definition) is 0. The Morgan fingerprint density at radius 2 is 2.06 bits per heavy atom. The van der Waals surface area contributed by atoms with Gasteiger partial charge in [-0.2, -0.15) is 0 Å². The third-order valence-corrected chi connectivity index (χ3v) is 2.24. The SMILES string of the molecule is Cc1cc(Oc2cncc(C=O)c2)ccc1F. The van der Waals surface area contributed by atoms with E-state index < -0.39 is 0 Å². The maximum absolute atomic E-state index is 13.0. The fourth-order valence-electron chi connectivity index (χ4n) is 1.37. The second kappa shape index (κ2) is 4.74. The van der Waals surface area contributed by atoms with E-state index in [1.54, 1.807) is 19.1 Å². The molecule has 0 amide bonds. The van der Waals surface area contributed by atoms with Gasteiger partial charge in [0.1, 0.15) is 17.3 Å². The van der Waals surface area contributed by atoms with Gasteiger partial charge in [0.05, 0.1) is 6.20 Å². The van der Waals surface area contributed by atoms with E-state index in [4.69, 9.17) is 4.74 Å². The molecule has 1 aromatic heterocycles. The van der Waals surface area contributed by atoms with Gasteiger partial charge in [-0.05, 0) is 36.8 Å². The highest BCUT2D eigenvalue weighted by molar-refractivity contribution is 5.74. The molecule has 0 N–H and O–H groups in total. The molecular formula is C13H10FNO2. The fraction of sp³-hybridized carbons (Fsp3) is 0.0769. The summed E-state index contributed by atoms with van der Waals surface area (Å²) in [6.07, 6.45) is 3.62. The van der Waals surface area contributed by atoms with Gasteiger partial charge in [-0.15, -0.1) is 0 Å². The summed E-state index contributed by atoms with van der Waals surface area (Å²) in [6.45, 7) is 1.66. The van der Waals surface area contributed by atoms with E-state index >= 15 is 0 Å². The number of aldehydes is 1. The van der Waals surface area contributed by atoms with Crippen LogP contribution in [0.4, 0.5) is 4.39 Å². The van der Waals surface area contributed by atoms with Crippen LogP contribution in [0.15, 0.2) is 36.7 Å². The van der Waals surface area contributed by atoms with Gasteiger partial charge in [-0.3, -0.25) is 9.78 Å². The molecule has 86 valence electrons. The van der Waals surface area contributed by atoms with Crippen molar-refractivity contribution >= 4 is 6.29 Å². The number of aryl methyl sites for hydroxylation is 1. The number of benzene rings is 1. The summed E-state index contributed by atoms with van der Waals surface area (Å²) in [6, 6.07) is 6.01. The Morgan fingerprint density at radius 3 is 2.76 bits per heavy atom. The maximum Gasteiger partial charge on any atom is 0.151 e. The lowest BCUT2D eigenvalue weighted by molar-refractivity contribution is 0.112. The van der Waals surface area contributed by atoms with Crippen molar-refractivity contribution in [3.63, 3.8) is 0 Å². The third-order valence-electron chi connectivity index (χ3n) is 2.24. The fourth-order valence-corrected chi connectivity index (χ4v) is 1.37. The first-order valence-electron chi connectivity index (χ1n) is 5.03. The average molecular weight is 231 g/mol. The highest BCUT2D eigenvalue weighted by Crippen LogP contribution is 2.23. The van der Waals surface area contributed by atoms with Gasteiger partial charge in [-0.25, -0.2) is 4.39 Å². The molecule has 2 rings (SSSR count). The molecular weight excluding hydrogens is 221 g/mol. The Labute approximate surface area is 97.9 Å². The van der Waals surface area contributed by atoms with Crippen molar-refractivity contribution in [2.75, 3.05) is 0 Å². The number of nitrogens with zero attached hydrogens (tertiary/aromatic N) is 1. The monoisotopic (exact) mass is 231 g/mol. The van der Waals surface area contributed by atoms with Crippen molar-refractivity contribution in [3.05, 3.63) is 53.6 Å². The standard InChI is InChI=1S/C13H10FNO2/c1-9-4-11(2-3-13(9)14)17-12-5-10(8-16)6-15-7-12/h2-8H,1H3. The molecule has 0 fully saturated rings. The van der Waals surface area contributed by atoms with Crippen molar-refractivity contribution in [1.29, 1.82) is 0 Å². The Morgan fingerprint density at radius 1 is 1.24 bits per heavy atom. The van der Waals surface area contributed by atoms with Gasteiger partial charge in [0, 0.05) is 11.8 Å². The predicted molar refractivity (Wildman–Crippen MR) is 60.8 cm³/mol. The summed E-state index contributed by atoms with van der Waals surface area (Å²) >= 11 is 0. The molecule has 0 aliphatic rings. The largest absolute Gasteiger partial charge is 0.456 e. The molecule has 2 aromatic rings. The topological polar surface area (TPSA) is 39.2 Å². The molecule has 0 unspecified atom stereocenters. The van der Waals surface area contributed by atoms with Crippen LogP contribution >= 0.6 is 0 Å². The number of carbonyl (C=O) groups excluding carboxylic acids is 1. The van der Waals surface area contributed by atoms with Crippen LogP contribution in [0.1, 0.15) is 15.9 Å². The van der Waals surface area contributed by atoms with Gasteiger partial charge in [0.25, 0.3) is 0 Å². The highest BCUT2D eigenvalue weighted by Gasteiger charge is 2.02. The number of halogens is 1.